The molecule has 160 valence electrons. The third-order valence-electron chi connectivity index (χ3n) is 4.40. The molecule has 0 spiro atoms. The fourth-order valence-corrected chi connectivity index (χ4v) is 4.22. The molecule has 0 saturated carbocycles. The van der Waals surface area contributed by atoms with Gasteiger partial charge < -0.3 is 4.79 Å². The van der Waals surface area contributed by atoms with Gasteiger partial charge in [0.15, 0.2) is 5.82 Å². The van der Waals surface area contributed by atoms with Crippen LogP contribution >= 0.6 is 11.3 Å². The lowest BCUT2D eigenvalue weighted by Gasteiger charge is -2.09. The van der Waals surface area contributed by atoms with Crippen LogP contribution < -0.4 is 0 Å². The number of carbonyl (C=O) groups excluding carboxylic acids is 1. The van der Waals surface area contributed by atoms with Gasteiger partial charge in [0.25, 0.3) is 0 Å². The SMILES string of the molecule is CC(C)=O.CCC.Cc1ccc(C2=NCc3nnc(C)n3-c3sc(C)c(C)c32)cc1. The van der Waals surface area contributed by atoms with Crippen molar-refractivity contribution in [1.29, 1.82) is 0 Å². The van der Waals surface area contributed by atoms with Gasteiger partial charge in [0.1, 0.15) is 23.2 Å². The molecule has 3 aromatic rings. The topological polar surface area (TPSA) is 60.1 Å². The van der Waals surface area contributed by atoms with Crippen LogP contribution in [0.2, 0.25) is 0 Å². The van der Waals surface area contributed by atoms with Gasteiger partial charge in [0, 0.05) is 16.0 Å². The zero-order chi connectivity index (χ0) is 22.4. The van der Waals surface area contributed by atoms with E-state index in [1.165, 1.54) is 46.8 Å². The number of hydrogen-bond donors (Lipinski definition) is 0. The first-order valence-electron chi connectivity index (χ1n) is 10.3. The van der Waals surface area contributed by atoms with Gasteiger partial charge in [0.2, 0.25) is 0 Å². The molecule has 6 heteroatoms. The van der Waals surface area contributed by atoms with Gasteiger partial charge in [-0.15, -0.1) is 21.5 Å². The second-order valence-corrected chi connectivity index (χ2v) is 8.81. The van der Waals surface area contributed by atoms with Crippen LogP contribution in [0.1, 0.15) is 72.9 Å². The quantitative estimate of drug-likeness (QED) is 0.487. The molecule has 0 amide bonds. The maximum absolute atomic E-state index is 9.44. The van der Waals surface area contributed by atoms with Gasteiger partial charge in [-0.25, -0.2) is 0 Å². The number of aryl methyl sites for hydroxylation is 3. The molecule has 0 fully saturated rings. The van der Waals surface area contributed by atoms with Crippen LogP contribution in [-0.4, -0.2) is 26.3 Å². The summed E-state index contributed by atoms with van der Waals surface area (Å²) in [7, 11) is 0. The minimum atomic E-state index is 0.167. The van der Waals surface area contributed by atoms with E-state index in [0.29, 0.717) is 6.54 Å². The number of thiophene rings is 1. The number of carbonyl (C=O) groups is 1. The molecule has 0 aliphatic carbocycles. The lowest BCUT2D eigenvalue weighted by molar-refractivity contribution is -0.114. The molecule has 0 saturated heterocycles. The fourth-order valence-electron chi connectivity index (χ4n) is 2.99. The zero-order valence-corrected chi connectivity index (χ0v) is 20.1. The van der Waals surface area contributed by atoms with Gasteiger partial charge in [-0.05, 0) is 47.1 Å². The third kappa shape index (κ3) is 5.30. The normalized spacial score (nSPS) is 11.7. The van der Waals surface area contributed by atoms with Gasteiger partial charge in [-0.1, -0.05) is 50.1 Å². The molecule has 3 heterocycles. The Balaban J connectivity index is 0.000000403. The summed E-state index contributed by atoms with van der Waals surface area (Å²) in [5.41, 5.74) is 6.00. The van der Waals surface area contributed by atoms with Crippen LogP contribution in [0.25, 0.3) is 5.00 Å². The highest BCUT2D eigenvalue weighted by atomic mass is 32.1. The summed E-state index contributed by atoms with van der Waals surface area (Å²) in [6.45, 7) is 16.3. The number of benzene rings is 1. The Labute approximate surface area is 183 Å². The Morgan fingerprint density at radius 1 is 1.03 bits per heavy atom. The van der Waals surface area contributed by atoms with Crippen LogP contribution in [0.3, 0.4) is 0 Å². The largest absolute Gasteiger partial charge is 0.300 e. The summed E-state index contributed by atoms with van der Waals surface area (Å²) in [4.78, 5) is 15.7. The minimum Gasteiger partial charge on any atom is -0.300 e. The molecule has 2 aromatic heterocycles. The smallest absolute Gasteiger partial charge is 0.160 e. The van der Waals surface area contributed by atoms with Crippen LogP contribution in [0.15, 0.2) is 29.3 Å². The van der Waals surface area contributed by atoms with Crippen molar-refractivity contribution in [2.24, 2.45) is 4.99 Å². The number of aliphatic imine (C=N–C) groups is 1. The molecule has 5 nitrogen and oxygen atoms in total. The van der Waals surface area contributed by atoms with E-state index < -0.39 is 0 Å². The standard InChI is InChI=1S/C18H18N4S.C3H6O.C3H8/c1-10-5-7-14(8-6-10)17-16-11(2)12(3)23-18(16)22-13(4)20-21-15(22)9-19-17;1-3(2)4;1-3-2/h5-8H,9H2,1-4H3;1-2H3;3H2,1-2H3. The molecule has 4 rings (SSSR count). The number of Topliss-reactive ketones (excluding diaryl/α,β-unsaturated/α-hetero) is 1. The molecule has 0 radical (unpaired) electrons. The lowest BCUT2D eigenvalue weighted by atomic mass is 9.99. The molecule has 1 aliphatic rings. The van der Waals surface area contributed by atoms with Crippen molar-refractivity contribution in [2.45, 2.75) is 68.4 Å². The highest BCUT2D eigenvalue weighted by Crippen LogP contribution is 2.36. The average molecular weight is 425 g/mol. The van der Waals surface area contributed by atoms with E-state index in [9.17, 15) is 4.79 Å². The minimum absolute atomic E-state index is 0.167. The van der Waals surface area contributed by atoms with E-state index in [1.807, 2.05) is 6.92 Å². The summed E-state index contributed by atoms with van der Waals surface area (Å²) in [5, 5.41) is 9.74. The second kappa shape index (κ2) is 10.4. The Hall–Kier alpha value is -2.60. The Morgan fingerprint density at radius 2 is 1.60 bits per heavy atom. The summed E-state index contributed by atoms with van der Waals surface area (Å²) in [5.74, 6) is 2.00. The molecule has 0 N–H and O–H groups in total. The van der Waals surface area contributed by atoms with E-state index in [4.69, 9.17) is 4.99 Å². The molecule has 30 heavy (non-hydrogen) atoms. The van der Waals surface area contributed by atoms with E-state index in [-0.39, 0.29) is 5.78 Å². The van der Waals surface area contributed by atoms with Crippen molar-refractivity contribution < 1.29 is 4.79 Å². The lowest BCUT2D eigenvalue weighted by Crippen LogP contribution is -2.07. The van der Waals surface area contributed by atoms with Crippen LogP contribution in [0.5, 0.6) is 0 Å². The highest BCUT2D eigenvalue weighted by molar-refractivity contribution is 7.15. The predicted molar refractivity (Wildman–Crippen MR) is 126 cm³/mol. The first-order valence-corrected chi connectivity index (χ1v) is 11.1. The molecule has 1 aliphatic heterocycles. The highest BCUT2D eigenvalue weighted by Gasteiger charge is 2.26. The van der Waals surface area contributed by atoms with E-state index in [2.05, 4.69) is 73.6 Å². The number of fused-ring (bicyclic) bond motifs is 3. The van der Waals surface area contributed by atoms with Gasteiger partial charge in [0.05, 0.1) is 5.71 Å². The average Bonchev–Trinajstić information content (AvgIpc) is 3.11. The second-order valence-electron chi connectivity index (χ2n) is 7.61. The Morgan fingerprint density at radius 3 is 2.17 bits per heavy atom. The van der Waals surface area contributed by atoms with Gasteiger partial charge >= 0.3 is 0 Å². The number of aromatic nitrogens is 3. The Kier molecular flexibility index (Phi) is 8.24. The van der Waals surface area contributed by atoms with Crippen molar-refractivity contribution in [3.05, 3.63) is 63.0 Å². The first kappa shape index (κ1) is 23.7. The van der Waals surface area contributed by atoms with E-state index in [1.54, 1.807) is 11.3 Å². The maximum atomic E-state index is 9.44. The van der Waals surface area contributed by atoms with Gasteiger partial charge in [-0.3, -0.25) is 9.56 Å². The van der Waals surface area contributed by atoms with Crippen molar-refractivity contribution >= 4 is 22.8 Å². The van der Waals surface area contributed by atoms with Gasteiger partial charge in [-0.2, -0.15) is 0 Å². The fraction of sp³-hybridized carbons (Fsp3) is 0.417. The molecule has 0 bridgehead atoms. The summed E-state index contributed by atoms with van der Waals surface area (Å²) in [6.07, 6.45) is 1.25. The maximum Gasteiger partial charge on any atom is 0.160 e. The molecular formula is C24H32N4OS. The van der Waals surface area contributed by atoms with Crippen molar-refractivity contribution in [3.8, 4) is 5.00 Å². The first-order chi connectivity index (χ1) is 14.2. The van der Waals surface area contributed by atoms with Crippen molar-refractivity contribution in [1.82, 2.24) is 14.8 Å². The molecule has 0 atom stereocenters. The number of nitrogens with zero attached hydrogens (tertiary/aromatic N) is 4. The van der Waals surface area contributed by atoms with E-state index >= 15 is 0 Å². The van der Waals surface area contributed by atoms with Crippen LogP contribution in [0, 0.1) is 27.7 Å². The zero-order valence-electron chi connectivity index (χ0n) is 19.3. The third-order valence-corrected chi connectivity index (χ3v) is 5.59. The number of rotatable bonds is 1. The summed E-state index contributed by atoms with van der Waals surface area (Å²) >= 11 is 1.80. The molecule has 1 aromatic carbocycles. The predicted octanol–water partition coefficient (Wildman–Crippen LogP) is 5.93. The van der Waals surface area contributed by atoms with E-state index in [0.717, 1.165) is 22.9 Å². The number of ketones is 1. The van der Waals surface area contributed by atoms with Crippen molar-refractivity contribution in [3.63, 3.8) is 0 Å². The van der Waals surface area contributed by atoms with Crippen LogP contribution in [0.4, 0.5) is 0 Å². The molecular weight excluding hydrogens is 392 g/mol. The summed E-state index contributed by atoms with van der Waals surface area (Å²) in [6, 6.07) is 8.60. The van der Waals surface area contributed by atoms with Crippen LogP contribution in [-0.2, 0) is 11.3 Å². The number of hydrogen-bond acceptors (Lipinski definition) is 5. The Bertz CT molecular complexity index is 1040. The monoisotopic (exact) mass is 424 g/mol. The molecule has 0 unspecified atom stereocenters. The van der Waals surface area contributed by atoms with Crippen molar-refractivity contribution in [2.75, 3.05) is 0 Å². The summed E-state index contributed by atoms with van der Waals surface area (Å²) < 4.78 is 2.16.